The van der Waals surface area contributed by atoms with Crippen molar-refractivity contribution in [3.05, 3.63) is 94.7 Å². The molecule has 0 radical (unpaired) electrons. The molecule has 0 atom stereocenters. The SMILES string of the molecule is O=C(Nc1nc2ccccc2n1CCc1ccccn1)c1csc(-c2ccc(Cl)cc2)n1. The van der Waals surface area contributed by atoms with Crippen molar-refractivity contribution in [2.75, 3.05) is 5.32 Å². The van der Waals surface area contributed by atoms with Crippen molar-refractivity contribution in [1.29, 1.82) is 0 Å². The summed E-state index contributed by atoms with van der Waals surface area (Å²) in [5, 5.41) is 6.11. The lowest BCUT2D eigenvalue weighted by molar-refractivity contribution is 0.102. The molecule has 0 saturated heterocycles. The van der Waals surface area contributed by atoms with E-state index < -0.39 is 0 Å². The fourth-order valence-corrected chi connectivity index (χ4v) is 4.37. The maximum atomic E-state index is 13.0. The molecule has 158 valence electrons. The Morgan fingerprint density at radius 2 is 1.81 bits per heavy atom. The van der Waals surface area contributed by atoms with Crippen molar-refractivity contribution in [3.8, 4) is 10.6 Å². The van der Waals surface area contributed by atoms with E-state index in [4.69, 9.17) is 11.6 Å². The molecule has 5 rings (SSSR count). The molecule has 6 nitrogen and oxygen atoms in total. The molecule has 0 unspecified atom stereocenters. The van der Waals surface area contributed by atoms with Crippen LogP contribution in [-0.4, -0.2) is 25.4 Å². The highest BCUT2D eigenvalue weighted by molar-refractivity contribution is 7.13. The van der Waals surface area contributed by atoms with Gasteiger partial charge in [-0.3, -0.25) is 15.1 Å². The van der Waals surface area contributed by atoms with Crippen LogP contribution in [0.25, 0.3) is 21.6 Å². The normalized spacial score (nSPS) is 11.0. The summed E-state index contributed by atoms with van der Waals surface area (Å²) in [6.07, 6.45) is 2.51. The van der Waals surface area contributed by atoms with Crippen molar-refractivity contribution >= 4 is 45.8 Å². The third kappa shape index (κ3) is 4.26. The number of nitrogens with one attached hydrogen (secondary N) is 1. The number of aromatic nitrogens is 4. The Kier molecular flexibility index (Phi) is 5.66. The van der Waals surface area contributed by atoms with Gasteiger partial charge in [-0.2, -0.15) is 0 Å². The number of aryl methyl sites for hydroxylation is 2. The van der Waals surface area contributed by atoms with Crippen LogP contribution >= 0.6 is 22.9 Å². The topological polar surface area (TPSA) is 72.7 Å². The predicted molar refractivity (Wildman–Crippen MR) is 128 cm³/mol. The van der Waals surface area contributed by atoms with Crippen LogP contribution in [0, 0.1) is 0 Å². The van der Waals surface area contributed by atoms with Gasteiger partial charge in [0.2, 0.25) is 5.95 Å². The number of benzene rings is 2. The summed E-state index contributed by atoms with van der Waals surface area (Å²) in [4.78, 5) is 26.5. The van der Waals surface area contributed by atoms with Crippen molar-refractivity contribution < 1.29 is 4.79 Å². The molecule has 1 N–H and O–H groups in total. The Labute approximate surface area is 193 Å². The largest absolute Gasteiger partial charge is 0.310 e. The molecule has 5 aromatic rings. The fourth-order valence-electron chi connectivity index (χ4n) is 3.44. The molecule has 0 aliphatic heterocycles. The van der Waals surface area contributed by atoms with E-state index in [1.54, 1.807) is 11.6 Å². The second kappa shape index (κ2) is 8.90. The van der Waals surface area contributed by atoms with Gasteiger partial charge in [-0.1, -0.05) is 41.9 Å². The summed E-state index contributed by atoms with van der Waals surface area (Å²) in [6, 6.07) is 21.1. The number of thiazole rings is 1. The summed E-state index contributed by atoms with van der Waals surface area (Å²) in [5.74, 6) is 0.198. The number of carbonyl (C=O) groups excluding carboxylic acids is 1. The van der Waals surface area contributed by atoms with Crippen LogP contribution in [-0.2, 0) is 13.0 Å². The van der Waals surface area contributed by atoms with E-state index in [1.165, 1.54) is 11.3 Å². The molecule has 0 saturated carbocycles. The Balaban J connectivity index is 1.40. The average molecular weight is 460 g/mol. The third-order valence-corrected chi connectivity index (χ3v) is 6.17. The molecule has 0 aliphatic rings. The summed E-state index contributed by atoms with van der Waals surface area (Å²) in [7, 11) is 0. The zero-order chi connectivity index (χ0) is 21.9. The Morgan fingerprint density at radius 1 is 1.00 bits per heavy atom. The van der Waals surface area contributed by atoms with Crippen molar-refractivity contribution in [2.24, 2.45) is 0 Å². The average Bonchev–Trinajstić information content (AvgIpc) is 3.44. The molecule has 0 fully saturated rings. The number of fused-ring (bicyclic) bond motifs is 1. The molecule has 3 aromatic heterocycles. The molecular formula is C24H18ClN5OS. The van der Waals surface area contributed by atoms with E-state index >= 15 is 0 Å². The smallest absolute Gasteiger partial charge is 0.277 e. The number of carbonyl (C=O) groups is 1. The number of para-hydroxylation sites is 2. The van der Waals surface area contributed by atoms with Gasteiger partial charge >= 0.3 is 0 Å². The minimum Gasteiger partial charge on any atom is -0.310 e. The van der Waals surface area contributed by atoms with Crippen LogP contribution in [0.2, 0.25) is 5.02 Å². The lowest BCUT2D eigenvalue weighted by atomic mass is 10.2. The lowest BCUT2D eigenvalue weighted by Crippen LogP contribution is -2.17. The Hall–Kier alpha value is -3.55. The van der Waals surface area contributed by atoms with E-state index in [0.717, 1.165) is 33.7 Å². The molecule has 0 aliphatic carbocycles. The van der Waals surface area contributed by atoms with Gasteiger partial charge in [0.1, 0.15) is 10.7 Å². The minimum absolute atomic E-state index is 0.296. The molecule has 32 heavy (non-hydrogen) atoms. The van der Waals surface area contributed by atoms with Gasteiger partial charge in [-0.05, 0) is 36.4 Å². The Morgan fingerprint density at radius 3 is 2.62 bits per heavy atom. The second-order valence-electron chi connectivity index (χ2n) is 7.15. The van der Waals surface area contributed by atoms with Gasteiger partial charge in [0.25, 0.3) is 5.91 Å². The van der Waals surface area contributed by atoms with E-state index in [9.17, 15) is 4.79 Å². The standard InChI is InChI=1S/C24H18ClN5OS/c25-17-10-8-16(9-11-17)23-27-20(15-32-23)22(31)29-24-28-19-6-1-2-7-21(19)30(24)14-12-18-5-3-4-13-26-18/h1-11,13,15H,12,14H2,(H,28,29,31). The highest BCUT2D eigenvalue weighted by Gasteiger charge is 2.17. The molecular weight excluding hydrogens is 442 g/mol. The van der Waals surface area contributed by atoms with Crippen molar-refractivity contribution in [1.82, 2.24) is 19.5 Å². The predicted octanol–water partition coefficient (Wildman–Crippen LogP) is 5.70. The van der Waals surface area contributed by atoms with Gasteiger partial charge in [-0.25, -0.2) is 9.97 Å². The number of hydrogen-bond donors (Lipinski definition) is 1. The van der Waals surface area contributed by atoms with E-state index in [1.807, 2.05) is 71.3 Å². The maximum Gasteiger partial charge on any atom is 0.277 e. The maximum absolute atomic E-state index is 13.0. The van der Waals surface area contributed by atoms with Crippen molar-refractivity contribution in [3.63, 3.8) is 0 Å². The number of halogens is 1. The summed E-state index contributed by atoms with van der Waals surface area (Å²) < 4.78 is 2.01. The highest BCUT2D eigenvalue weighted by atomic mass is 35.5. The first-order valence-corrected chi connectivity index (χ1v) is 11.3. The first-order chi connectivity index (χ1) is 15.7. The van der Waals surface area contributed by atoms with Gasteiger partial charge in [0.15, 0.2) is 0 Å². The molecule has 2 aromatic carbocycles. The first kappa shape index (κ1) is 20.4. The fraction of sp³-hybridized carbons (Fsp3) is 0.0833. The number of anilines is 1. The zero-order valence-corrected chi connectivity index (χ0v) is 18.5. The zero-order valence-electron chi connectivity index (χ0n) is 16.9. The molecule has 0 bridgehead atoms. The number of rotatable bonds is 6. The number of hydrogen-bond acceptors (Lipinski definition) is 5. The number of nitrogens with zero attached hydrogens (tertiary/aromatic N) is 4. The third-order valence-electron chi connectivity index (χ3n) is 5.03. The van der Waals surface area contributed by atoms with E-state index in [2.05, 4.69) is 20.3 Å². The van der Waals surface area contributed by atoms with Gasteiger partial charge in [0.05, 0.1) is 11.0 Å². The highest BCUT2D eigenvalue weighted by Crippen LogP contribution is 2.26. The second-order valence-corrected chi connectivity index (χ2v) is 8.44. The van der Waals surface area contributed by atoms with Crippen LogP contribution in [0.15, 0.2) is 78.3 Å². The van der Waals surface area contributed by atoms with E-state index in [0.29, 0.717) is 23.2 Å². The number of amides is 1. The molecule has 0 spiro atoms. The van der Waals surface area contributed by atoms with Crippen LogP contribution in [0.5, 0.6) is 0 Å². The molecule has 8 heteroatoms. The van der Waals surface area contributed by atoms with Crippen LogP contribution in [0.1, 0.15) is 16.2 Å². The van der Waals surface area contributed by atoms with Crippen molar-refractivity contribution in [2.45, 2.75) is 13.0 Å². The molecule has 1 amide bonds. The monoisotopic (exact) mass is 459 g/mol. The van der Waals surface area contributed by atoms with Gasteiger partial charge < -0.3 is 4.57 Å². The minimum atomic E-state index is -0.296. The van der Waals surface area contributed by atoms with Crippen LogP contribution in [0.3, 0.4) is 0 Å². The number of pyridine rings is 1. The number of imidazole rings is 1. The van der Waals surface area contributed by atoms with Crippen LogP contribution in [0.4, 0.5) is 5.95 Å². The van der Waals surface area contributed by atoms with Gasteiger partial charge in [0, 0.05) is 40.8 Å². The Bertz CT molecular complexity index is 1380. The summed E-state index contributed by atoms with van der Waals surface area (Å²) >= 11 is 7.38. The summed E-state index contributed by atoms with van der Waals surface area (Å²) in [5.41, 5.74) is 4.03. The summed E-state index contributed by atoms with van der Waals surface area (Å²) in [6.45, 7) is 0.639. The van der Waals surface area contributed by atoms with Crippen LogP contribution < -0.4 is 5.32 Å². The first-order valence-electron chi connectivity index (χ1n) is 10.1. The molecule has 3 heterocycles. The van der Waals surface area contributed by atoms with E-state index in [-0.39, 0.29) is 5.91 Å². The lowest BCUT2D eigenvalue weighted by Gasteiger charge is -2.09. The van der Waals surface area contributed by atoms with Gasteiger partial charge in [-0.15, -0.1) is 11.3 Å². The quantitative estimate of drug-likeness (QED) is 0.353.